The molecule has 0 amide bonds. The van der Waals surface area contributed by atoms with Crippen LogP contribution in [0.2, 0.25) is 0 Å². The minimum Gasteiger partial charge on any atom is -0.378 e. The zero-order valence-corrected chi connectivity index (χ0v) is 12.4. The van der Waals surface area contributed by atoms with Gasteiger partial charge < -0.3 is 19.7 Å². The molecule has 0 saturated carbocycles. The summed E-state index contributed by atoms with van der Waals surface area (Å²) in [6, 6.07) is 6.79. The van der Waals surface area contributed by atoms with Crippen LogP contribution in [0.1, 0.15) is 17.5 Å². The highest BCUT2D eigenvalue weighted by molar-refractivity contribution is 5.58. The van der Waals surface area contributed by atoms with Crippen LogP contribution < -0.4 is 10.2 Å². The number of hydrogen-bond donors (Lipinski definition) is 1. The first-order chi connectivity index (χ1) is 9.72. The van der Waals surface area contributed by atoms with Crippen molar-refractivity contribution in [1.82, 2.24) is 5.32 Å². The molecule has 1 aromatic rings. The number of anilines is 1. The van der Waals surface area contributed by atoms with Gasteiger partial charge >= 0.3 is 0 Å². The Labute approximate surface area is 121 Å². The number of nitrogens with zero attached hydrogens (tertiary/aromatic N) is 1. The van der Waals surface area contributed by atoms with Crippen molar-refractivity contribution in [2.45, 2.75) is 25.0 Å². The van der Waals surface area contributed by atoms with E-state index in [1.54, 1.807) is 7.11 Å². The monoisotopic (exact) mass is 276 g/mol. The molecule has 2 aliphatic heterocycles. The fourth-order valence-electron chi connectivity index (χ4n) is 3.13. The van der Waals surface area contributed by atoms with Crippen LogP contribution in [0.5, 0.6) is 0 Å². The summed E-state index contributed by atoms with van der Waals surface area (Å²) in [5.74, 6) is 0. The van der Waals surface area contributed by atoms with E-state index >= 15 is 0 Å². The number of rotatable bonds is 5. The molecule has 0 aromatic heterocycles. The Balaban J connectivity index is 1.56. The van der Waals surface area contributed by atoms with E-state index in [0.29, 0.717) is 6.61 Å². The number of ether oxygens (including phenoxy) is 2. The fourth-order valence-corrected chi connectivity index (χ4v) is 3.13. The van der Waals surface area contributed by atoms with Gasteiger partial charge in [0, 0.05) is 52.5 Å². The summed E-state index contributed by atoms with van der Waals surface area (Å²) >= 11 is 0. The molecule has 2 heterocycles. The standard InChI is InChI=1S/C16H24N2O2/c1-18-7-5-14-9-13(3-4-15(14)18)10-17-11-16(19-2)6-8-20-12-16/h3-4,9,17H,5-8,10-12H2,1-2H3. The molecule has 1 unspecified atom stereocenters. The van der Waals surface area contributed by atoms with Gasteiger partial charge in [-0.1, -0.05) is 12.1 Å². The molecule has 1 fully saturated rings. The van der Waals surface area contributed by atoms with E-state index in [1.165, 1.54) is 16.8 Å². The lowest BCUT2D eigenvalue weighted by atomic mass is 10.0. The lowest BCUT2D eigenvalue weighted by Gasteiger charge is -2.26. The number of fused-ring (bicyclic) bond motifs is 1. The maximum absolute atomic E-state index is 5.63. The van der Waals surface area contributed by atoms with E-state index in [0.717, 1.165) is 39.1 Å². The predicted molar refractivity (Wildman–Crippen MR) is 80.3 cm³/mol. The smallest absolute Gasteiger partial charge is 0.106 e. The summed E-state index contributed by atoms with van der Waals surface area (Å²) in [5.41, 5.74) is 4.07. The van der Waals surface area contributed by atoms with Crippen molar-refractivity contribution < 1.29 is 9.47 Å². The quantitative estimate of drug-likeness (QED) is 0.885. The van der Waals surface area contributed by atoms with Gasteiger partial charge in [-0.25, -0.2) is 0 Å². The second-order valence-electron chi connectivity index (χ2n) is 5.93. The average Bonchev–Trinajstić information content (AvgIpc) is 3.07. The highest BCUT2D eigenvalue weighted by Gasteiger charge is 2.34. The Morgan fingerprint density at radius 3 is 3.10 bits per heavy atom. The highest BCUT2D eigenvalue weighted by Crippen LogP contribution is 2.27. The van der Waals surface area contributed by atoms with Gasteiger partial charge in [-0.2, -0.15) is 0 Å². The molecule has 0 radical (unpaired) electrons. The summed E-state index contributed by atoms with van der Waals surface area (Å²) in [6.45, 7) is 4.38. The van der Waals surface area contributed by atoms with Crippen molar-refractivity contribution in [3.05, 3.63) is 29.3 Å². The first-order valence-electron chi connectivity index (χ1n) is 7.39. The van der Waals surface area contributed by atoms with Crippen LogP contribution in [0.4, 0.5) is 5.69 Å². The molecular formula is C16H24N2O2. The Morgan fingerprint density at radius 2 is 2.35 bits per heavy atom. The van der Waals surface area contributed by atoms with Gasteiger partial charge in [0.05, 0.1) is 6.61 Å². The Bertz CT molecular complexity index is 470. The summed E-state index contributed by atoms with van der Waals surface area (Å²) in [6.07, 6.45) is 2.14. The minimum atomic E-state index is -0.128. The number of nitrogens with one attached hydrogen (secondary N) is 1. The van der Waals surface area contributed by atoms with Crippen LogP contribution in [0.3, 0.4) is 0 Å². The van der Waals surface area contributed by atoms with Gasteiger partial charge in [-0.05, 0) is 23.6 Å². The van der Waals surface area contributed by atoms with Crippen molar-refractivity contribution in [2.24, 2.45) is 0 Å². The van der Waals surface area contributed by atoms with Crippen LogP contribution in [-0.2, 0) is 22.4 Å². The van der Waals surface area contributed by atoms with Crippen molar-refractivity contribution in [3.8, 4) is 0 Å². The van der Waals surface area contributed by atoms with Crippen LogP contribution in [-0.4, -0.2) is 46.1 Å². The average molecular weight is 276 g/mol. The van der Waals surface area contributed by atoms with E-state index in [4.69, 9.17) is 9.47 Å². The molecule has 0 spiro atoms. The molecule has 1 atom stereocenters. The van der Waals surface area contributed by atoms with Crippen molar-refractivity contribution in [1.29, 1.82) is 0 Å². The van der Waals surface area contributed by atoms with Crippen molar-refractivity contribution >= 4 is 5.69 Å². The summed E-state index contributed by atoms with van der Waals surface area (Å²) in [7, 11) is 3.94. The SMILES string of the molecule is COC1(CNCc2ccc3c(c2)CCN3C)CCOC1. The highest BCUT2D eigenvalue weighted by atomic mass is 16.5. The third-order valence-corrected chi connectivity index (χ3v) is 4.55. The van der Waals surface area contributed by atoms with Crippen LogP contribution in [0, 0.1) is 0 Å². The first kappa shape index (κ1) is 13.9. The molecule has 2 aliphatic rings. The normalized spacial score (nSPS) is 25.2. The lowest BCUT2D eigenvalue weighted by molar-refractivity contribution is -0.0159. The largest absolute Gasteiger partial charge is 0.378 e. The number of likely N-dealkylation sites (N-methyl/N-ethyl adjacent to an activating group) is 1. The molecule has 3 rings (SSSR count). The van der Waals surface area contributed by atoms with Gasteiger partial charge in [0.1, 0.15) is 5.60 Å². The number of hydrogen-bond acceptors (Lipinski definition) is 4. The molecule has 1 N–H and O–H groups in total. The zero-order chi connectivity index (χ0) is 14.0. The third-order valence-electron chi connectivity index (χ3n) is 4.55. The topological polar surface area (TPSA) is 33.7 Å². The zero-order valence-electron chi connectivity index (χ0n) is 12.4. The van der Waals surface area contributed by atoms with E-state index in [2.05, 4.69) is 35.5 Å². The summed E-state index contributed by atoms with van der Waals surface area (Å²) in [4.78, 5) is 2.32. The third kappa shape index (κ3) is 2.68. The number of methoxy groups -OCH3 is 1. The Hall–Kier alpha value is -1.10. The molecule has 20 heavy (non-hydrogen) atoms. The van der Waals surface area contributed by atoms with Crippen molar-refractivity contribution in [2.75, 3.05) is 45.4 Å². The minimum absolute atomic E-state index is 0.128. The summed E-state index contributed by atoms with van der Waals surface area (Å²) < 4.78 is 11.1. The van der Waals surface area contributed by atoms with Gasteiger partial charge in [0.25, 0.3) is 0 Å². The van der Waals surface area contributed by atoms with Crippen LogP contribution in [0.25, 0.3) is 0 Å². The van der Waals surface area contributed by atoms with E-state index in [-0.39, 0.29) is 5.60 Å². The summed E-state index contributed by atoms with van der Waals surface area (Å²) in [5, 5.41) is 3.52. The van der Waals surface area contributed by atoms with Gasteiger partial charge in [0.15, 0.2) is 0 Å². The van der Waals surface area contributed by atoms with Crippen LogP contribution in [0.15, 0.2) is 18.2 Å². The molecule has 110 valence electrons. The molecule has 0 bridgehead atoms. The molecule has 4 heteroatoms. The Kier molecular flexibility index (Phi) is 3.96. The maximum atomic E-state index is 5.63. The first-order valence-corrected chi connectivity index (χ1v) is 7.39. The molecule has 4 nitrogen and oxygen atoms in total. The van der Waals surface area contributed by atoms with E-state index < -0.39 is 0 Å². The number of benzene rings is 1. The molecular weight excluding hydrogens is 252 g/mol. The maximum Gasteiger partial charge on any atom is 0.106 e. The van der Waals surface area contributed by atoms with E-state index in [9.17, 15) is 0 Å². The van der Waals surface area contributed by atoms with Crippen molar-refractivity contribution in [3.63, 3.8) is 0 Å². The molecule has 1 saturated heterocycles. The fraction of sp³-hybridized carbons (Fsp3) is 0.625. The lowest BCUT2D eigenvalue weighted by Crippen LogP contribution is -2.42. The second kappa shape index (κ2) is 5.72. The predicted octanol–water partition coefficient (Wildman–Crippen LogP) is 1.57. The molecule has 1 aromatic carbocycles. The van der Waals surface area contributed by atoms with Gasteiger partial charge in [-0.3, -0.25) is 0 Å². The van der Waals surface area contributed by atoms with E-state index in [1.807, 2.05) is 0 Å². The second-order valence-corrected chi connectivity index (χ2v) is 5.93. The Morgan fingerprint density at radius 1 is 1.45 bits per heavy atom. The molecule has 0 aliphatic carbocycles. The van der Waals surface area contributed by atoms with Gasteiger partial charge in [-0.15, -0.1) is 0 Å². The van der Waals surface area contributed by atoms with Crippen LogP contribution >= 0.6 is 0 Å². The van der Waals surface area contributed by atoms with Gasteiger partial charge in [0.2, 0.25) is 0 Å².